The van der Waals surface area contributed by atoms with Crippen LogP contribution in [-0.2, 0) is 0 Å². The second kappa shape index (κ2) is 6.50. The minimum absolute atomic E-state index is 0.131. The van der Waals surface area contributed by atoms with Crippen LogP contribution in [0.1, 0.15) is 37.6 Å². The number of hydrogen-bond donors (Lipinski definition) is 1. The van der Waals surface area contributed by atoms with E-state index in [9.17, 15) is 0 Å². The van der Waals surface area contributed by atoms with Gasteiger partial charge < -0.3 is 10.3 Å². The lowest BCUT2D eigenvalue weighted by molar-refractivity contribution is 0.335. The highest BCUT2D eigenvalue weighted by atomic mass is 79.9. The highest BCUT2D eigenvalue weighted by Gasteiger charge is 2.20. The fraction of sp³-hybridized carbons (Fsp3) is 0.467. The Bertz CT molecular complexity index is 580. The van der Waals surface area contributed by atoms with Gasteiger partial charge in [0.1, 0.15) is 0 Å². The first-order valence-corrected chi connectivity index (χ1v) is 7.60. The highest BCUT2D eigenvalue weighted by Crippen LogP contribution is 2.27. The maximum absolute atomic E-state index is 5.82. The highest BCUT2D eigenvalue weighted by molar-refractivity contribution is 9.10. The van der Waals surface area contributed by atoms with E-state index in [0.29, 0.717) is 24.2 Å². The van der Waals surface area contributed by atoms with E-state index in [1.54, 1.807) is 0 Å². The van der Waals surface area contributed by atoms with Crippen molar-refractivity contribution in [2.24, 2.45) is 11.7 Å². The SMILES string of the molecule is Cc1cc(Br)ccc1-c1noc(C(CN)CC(C)C)n1. The Morgan fingerprint density at radius 3 is 2.70 bits per heavy atom. The largest absolute Gasteiger partial charge is 0.339 e. The minimum atomic E-state index is 0.131. The van der Waals surface area contributed by atoms with Crippen molar-refractivity contribution in [3.8, 4) is 11.4 Å². The first-order chi connectivity index (χ1) is 9.51. The quantitative estimate of drug-likeness (QED) is 0.898. The molecule has 2 rings (SSSR count). The molecule has 20 heavy (non-hydrogen) atoms. The number of nitrogens with two attached hydrogens (primary N) is 1. The third kappa shape index (κ3) is 3.46. The molecular formula is C15H20BrN3O. The Kier molecular flexibility index (Phi) is 4.94. The van der Waals surface area contributed by atoms with Crippen LogP contribution in [0, 0.1) is 12.8 Å². The number of hydrogen-bond acceptors (Lipinski definition) is 4. The molecular weight excluding hydrogens is 318 g/mol. The van der Waals surface area contributed by atoms with Gasteiger partial charge in [0.2, 0.25) is 11.7 Å². The van der Waals surface area contributed by atoms with E-state index in [4.69, 9.17) is 10.3 Å². The van der Waals surface area contributed by atoms with Crippen molar-refractivity contribution in [2.45, 2.75) is 33.1 Å². The topological polar surface area (TPSA) is 64.9 Å². The van der Waals surface area contributed by atoms with Crippen LogP contribution in [0.25, 0.3) is 11.4 Å². The third-order valence-electron chi connectivity index (χ3n) is 3.26. The fourth-order valence-corrected chi connectivity index (χ4v) is 2.73. The van der Waals surface area contributed by atoms with E-state index in [1.165, 1.54) is 0 Å². The Labute approximate surface area is 127 Å². The summed E-state index contributed by atoms with van der Waals surface area (Å²) in [4.78, 5) is 4.52. The zero-order valence-corrected chi connectivity index (χ0v) is 13.6. The van der Waals surface area contributed by atoms with Crippen molar-refractivity contribution in [1.82, 2.24) is 10.1 Å². The van der Waals surface area contributed by atoms with Gasteiger partial charge in [-0.25, -0.2) is 0 Å². The molecule has 4 nitrogen and oxygen atoms in total. The molecule has 0 amide bonds. The molecule has 1 aromatic carbocycles. The van der Waals surface area contributed by atoms with E-state index in [1.807, 2.05) is 25.1 Å². The van der Waals surface area contributed by atoms with Gasteiger partial charge in [0.05, 0.1) is 5.92 Å². The number of halogens is 1. The summed E-state index contributed by atoms with van der Waals surface area (Å²) >= 11 is 3.45. The van der Waals surface area contributed by atoms with Crippen LogP contribution in [0.4, 0.5) is 0 Å². The molecule has 0 radical (unpaired) electrons. The van der Waals surface area contributed by atoms with Crippen LogP contribution in [-0.4, -0.2) is 16.7 Å². The normalized spacial score (nSPS) is 12.9. The molecule has 0 aliphatic carbocycles. The van der Waals surface area contributed by atoms with E-state index < -0.39 is 0 Å². The molecule has 5 heteroatoms. The maximum atomic E-state index is 5.82. The van der Waals surface area contributed by atoms with E-state index in [2.05, 4.69) is 39.9 Å². The molecule has 0 aliphatic rings. The number of nitrogens with zero attached hydrogens (tertiary/aromatic N) is 2. The van der Waals surface area contributed by atoms with Crippen LogP contribution in [0.2, 0.25) is 0 Å². The molecule has 2 N–H and O–H groups in total. The van der Waals surface area contributed by atoms with E-state index in [-0.39, 0.29) is 5.92 Å². The van der Waals surface area contributed by atoms with Gasteiger partial charge in [-0.1, -0.05) is 34.9 Å². The third-order valence-corrected chi connectivity index (χ3v) is 3.75. The van der Waals surface area contributed by atoms with Gasteiger partial charge in [0, 0.05) is 16.6 Å². The average molecular weight is 338 g/mol. The Hall–Kier alpha value is -1.20. The molecule has 0 fully saturated rings. The van der Waals surface area contributed by atoms with Crippen molar-refractivity contribution in [1.29, 1.82) is 0 Å². The standard InChI is InChI=1S/C15H20BrN3O/c1-9(2)6-11(8-17)15-18-14(19-20-15)13-5-4-12(16)7-10(13)3/h4-5,7,9,11H,6,8,17H2,1-3H3. The van der Waals surface area contributed by atoms with Crippen LogP contribution in [0.5, 0.6) is 0 Å². The van der Waals surface area contributed by atoms with Crippen LogP contribution >= 0.6 is 15.9 Å². The Morgan fingerprint density at radius 1 is 1.35 bits per heavy atom. The molecule has 1 aromatic heterocycles. The average Bonchev–Trinajstić information content (AvgIpc) is 2.85. The van der Waals surface area contributed by atoms with Gasteiger partial charge in [0.15, 0.2) is 0 Å². The minimum Gasteiger partial charge on any atom is -0.339 e. The van der Waals surface area contributed by atoms with Gasteiger partial charge in [0.25, 0.3) is 0 Å². The predicted octanol–water partition coefficient (Wildman–Crippen LogP) is 3.90. The van der Waals surface area contributed by atoms with Gasteiger partial charge >= 0.3 is 0 Å². The maximum Gasteiger partial charge on any atom is 0.231 e. The number of benzene rings is 1. The predicted molar refractivity (Wildman–Crippen MR) is 83.4 cm³/mol. The summed E-state index contributed by atoms with van der Waals surface area (Å²) in [5.41, 5.74) is 7.92. The summed E-state index contributed by atoms with van der Waals surface area (Å²) < 4.78 is 6.45. The summed E-state index contributed by atoms with van der Waals surface area (Å²) in [6.07, 6.45) is 0.956. The van der Waals surface area contributed by atoms with Crippen molar-refractivity contribution in [2.75, 3.05) is 6.54 Å². The first kappa shape index (κ1) is 15.2. The van der Waals surface area contributed by atoms with Crippen molar-refractivity contribution in [3.05, 3.63) is 34.1 Å². The van der Waals surface area contributed by atoms with Crippen molar-refractivity contribution in [3.63, 3.8) is 0 Å². The van der Waals surface area contributed by atoms with Crippen LogP contribution in [0.15, 0.2) is 27.2 Å². The van der Waals surface area contributed by atoms with Gasteiger partial charge in [-0.05, 0) is 43.0 Å². The van der Waals surface area contributed by atoms with Crippen LogP contribution < -0.4 is 5.73 Å². The molecule has 1 unspecified atom stereocenters. The first-order valence-electron chi connectivity index (χ1n) is 6.81. The van der Waals surface area contributed by atoms with Crippen molar-refractivity contribution >= 4 is 15.9 Å². The molecule has 0 saturated heterocycles. The molecule has 1 heterocycles. The smallest absolute Gasteiger partial charge is 0.231 e. The Balaban J connectivity index is 2.27. The summed E-state index contributed by atoms with van der Waals surface area (Å²) in [6, 6.07) is 6.01. The van der Waals surface area contributed by atoms with E-state index in [0.717, 1.165) is 22.0 Å². The lowest BCUT2D eigenvalue weighted by atomic mass is 9.97. The molecule has 0 aliphatic heterocycles. The van der Waals surface area contributed by atoms with E-state index >= 15 is 0 Å². The lowest BCUT2D eigenvalue weighted by Crippen LogP contribution is -2.15. The Morgan fingerprint density at radius 2 is 2.10 bits per heavy atom. The molecule has 1 atom stereocenters. The summed E-state index contributed by atoms with van der Waals surface area (Å²) in [7, 11) is 0. The number of aryl methyl sites for hydroxylation is 1. The number of aromatic nitrogens is 2. The zero-order valence-electron chi connectivity index (χ0n) is 12.1. The molecule has 108 valence electrons. The monoisotopic (exact) mass is 337 g/mol. The van der Waals surface area contributed by atoms with Gasteiger partial charge in [-0.15, -0.1) is 0 Å². The second-order valence-corrected chi connectivity index (χ2v) is 6.39. The molecule has 0 saturated carbocycles. The summed E-state index contributed by atoms with van der Waals surface area (Å²) in [5, 5.41) is 4.10. The van der Waals surface area contributed by atoms with Gasteiger partial charge in [-0.2, -0.15) is 4.98 Å². The molecule has 0 bridgehead atoms. The summed E-state index contributed by atoms with van der Waals surface area (Å²) in [6.45, 7) is 6.89. The second-order valence-electron chi connectivity index (χ2n) is 5.48. The zero-order chi connectivity index (χ0) is 14.7. The fourth-order valence-electron chi connectivity index (χ4n) is 2.26. The lowest BCUT2D eigenvalue weighted by Gasteiger charge is -2.11. The molecule has 2 aromatic rings. The van der Waals surface area contributed by atoms with Gasteiger partial charge in [-0.3, -0.25) is 0 Å². The van der Waals surface area contributed by atoms with Crippen LogP contribution in [0.3, 0.4) is 0 Å². The molecule has 0 spiro atoms. The number of rotatable bonds is 5. The summed E-state index contributed by atoms with van der Waals surface area (Å²) in [5.74, 6) is 1.95. The van der Waals surface area contributed by atoms with Crippen molar-refractivity contribution < 1.29 is 4.52 Å².